The van der Waals surface area contributed by atoms with Crippen molar-refractivity contribution in [3.8, 4) is 5.69 Å². The van der Waals surface area contributed by atoms with Crippen molar-refractivity contribution in [2.24, 2.45) is 0 Å². The molecule has 0 aliphatic rings. The summed E-state index contributed by atoms with van der Waals surface area (Å²) >= 11 is 0. The van der Waals surface area contributed by atoms with Gasteiger partial charge in [0, 0.05) is 6.20 Å². The Labute approximate surface area is 91.6 Å². The maximum atomic E-state index is 4.34. The van der Waals surface area contributed by atoms with Gasteiger partial charge in [-0.15, -0.1) is 0 Å². The van der Waals surface area contributed by atoms with E-state index in [0.717, 1.165) is 11.4 Å². The molecule has 0 atom stereocenters. The lowest BCUT2D eigenvalue weighted by Crippen LogP contribution is -1.94. The summed E-state index contributed by atoms with van der Waals surface area (Å²) in [7, 11) is 0. The second kappa shape index (κ2) is 5.35. The van der Waals surface area contributed by atoms with Gasteiger partial charge in [-0.1, -0.05) is 26.0 Å². The molecule has 2 aromatic rings. The molecule has 0 radical (unpaired) electrons. The molecule has 2 rings (SSSR count). The third-order valence-electron chi connectivity index (χ3n) is 1.99. The van der Waals surface area contributed by atoms with Crippen LogP contribution in [-0.4, -0.2) is 9.78 Å². The Balaban J connectivity index is 0.000000531. The van der Waals surface area contributed by atoms with Gasteiger partial charge in [-0.05, 0) is 37.6 Å². The normalized spacial score (nSPS) is 9.33. The quantitative estimate of drug-likeness (QED) is 0.692. The van der Waals surface area contributed by atoms with Gasteiger partial charge in [0.25, 0.3) is 0 Å². The van der Waals surface area contributed by atoms with E-state index >= 15 is 0 Å². The minimum Gasteiger partial charge on any atom is -0.241 e. The fourth-order valence-corrected chi connectivity index (χ4v) is 1.33. The molecule has 0 aliphatic heterocycles. The minimum atomic E-state index is 1.04. The summed E-state index contributed by atoms with van der Waals surface area (Å²) in [5.74, 6) is 0. The SMILES string of the molecule is CC.Cc1cccc(-n2ccc(C)n2)c1. The molecule has 0 amide bonds. The molecule has 0 saturated heterocycles. The van der Waals surface area contributed by atoms with Crippen molar-refractivity contribution in [2.45, 2.75) is 27.7 Å². The molecule has 15 heavy (non-hydrogen) atoms. The Kier molecular flexibility index (Phi) is 4.10. The van der Waals surface area contributed by atoms with Crippen molar-refractivity contribution in [3.05, 3.63) is 47.8 Å². The van der Waals surface area contributed by atoms with Gasteiger partial charge in [-0.25, -0.2) is 4.68 Å². The Morgan fingerprint density at radius 1 is 1.07 bits per heavy atom. The maximum Gasteiger partial charge on any atom is 0.0648 e. The van der Waals surface area contributed by atoms with E-state index in [1.807, 2.05) is 43.8 Å². The number of nitrogens with zero attached hydrogens (tertiary/aromatic N) is 2. The van der Waals surface area contributed by atoms with E-state index in [9.17, 15) is 0 Å². The third kappa shape index (κ3) is 2.94. The van der Waals surface area contributed by atoms with Crippen LogP contribution < -0.4 is 0 Å². The van der Waals surface area contributed by atoms with Gasteiger partial charge in [-0.2, -0.15) is 5.10 Å². The van der Waals surface area contributed by atoms with E-state index < -0.39 is 0 Å². The van der Waals surface area contributed by atoms with Gasteiger partial charge in [0.15, 0.2) is 0 Å². The van der Waals surface area contributed by atoms with E-state index in [0.29, 0.717) is 0 Å². The van der Waals surface area contributed by atoms with Crippen LogP contribution in [0, 0.1) is 13.8 Å². The van der Waals surface area contributed by atoms with Crippen molar-refractivity contribution >= 4 is 0 Å². The molecule has 0 spiro atoms. The first-order valence-electron chi connectivity index (χ1n) is 5.35. The van der Waals surface area contributed by atoms with Crippen molar-refractivity contribution in [1.29, 1.82) is 0 Å². The molecule has 1 aromatic carbocycles. The van der Waals surface area contributed by atoms with E-state index in [1.165, 1.54) is 5.56 Å². The van der Waals surface area contributed by atoms with Crippen LogP contribution in [-0.2, 0) is 0 Å². The molecule has 2 nitrogen and oxygen atoms in total. The number of benzene rings is 1. The van der Waals surface area contributed by atoms with Crippen LogP contribution >= 0.6 is 0 Å². The van der Waals surface area contributed by atoms with E-state index in [-0.39, 0.29) is 0 Å². The van der Waals surface area contributed by atoms with E-state index in [4.69, 9.17) is 0 Å². The Morgan fingerprint density at radius 3 is 2.33 bits per heavy atom. The van der Waals surface area contributed by atoms with Crippen LogP contribution in [0.5, 0.6) is 0 Å². The lowest BCUT2D eigenvalue weighted by molar-refractivity contribution is 0.861. The fraction of sp³-hybridized carbons (Fsp3) is 0.308. The number of hydrogen-bond donors (Lipinski definition) is 0. The summed E-state index contributed by atoms with van der Waals surface area (Å²) in [6.45, 7) is 8.08. The highest BCUT2D eigenvalue weighted by molar-refractivity contribution is 5.34. The smallest absolute Gasteiger partial charge is 0.0648 e. The second-order valence-electron chi connectivity index (χ2n) is 3.24. The predicted octanol–water partition coefficient (Wildman–Crippen LogP) is 3.52. The first-order valence-corrected chi connectivity index (χ1v) is 5.35. The largest absolute Gasteiger partial charge is 0.241 e. The van der Waals surface area contributed by atoms with Gasteiger partial charge < -0.3 is 0 Å². The molecule has 1 heterocycles. The highest BCUT2D eigenvalue weighted by Gasteiger charge is 1.96. The standard InChI is InChI=1S/C11H12N2.C2H6/c1-9-4-3-5-11(8-9)13-7-6-10(2)12-13;1-2/h3-8H,1-2H3;1-2H3. The zero-order valence-electron chi connectivity index (χ0n) is 9.86. The Bertz CT molecular complexity index is 416. The van der Waals surface area contributed by atoms with Crippen LogP contribution in [0.1, 0.15) is 25.1 Å². The van der Waals surface area contributed by atoms with Crippen molar-refractivity contribution in [2.75, 3.05) is 0 Å². The van der Waals surface area contributed by atoms with Gasteiger partial charge in [0.05, 0.1) is 11.4 Å². The lowest BCUT2D eigenvalue weighted by Gasteiger charge is -2.01. The molecule has 0 bridgehead atoms. The molecule has 0 unspecified atom stereocenters. The van der Waals surface area contributed by atoms with Crippen LogP contribution in [0.25, 0.3) is 5.69 Å². The third-order valence-corrected chi connectivity index (χ3v) is 1.99. The fourth-order valence-electron chi connectivity index (χ4n) is 1.33. The first kappa shape index (κ1) is 11.5. The van der Waals surface area contributed by atoms with Crippen LogP contribution in [0.15, 0.2) is 36.5 Å². The lowest BCUT2D eigenvalue weighted by atomic mass is 10.2. The van der Waals surface area contributed by atoms with Gasteiger partial charge in [0.1, 0.15) is 0 Å². The minimum absolute atomic E-state index is 1.04. The van der Waals surface area contributed by atoms with E-state index in [2.05, 4.69) is 30.2 Å². The molecule has 80 valence electrons. The maximum absolute atomic E-state index is 4.34. The highest BCUT2D eigenvalue weighted by atomic mass is 15.3. The first-order chi connectivity index (χ1) is 7.25. The zero-order chi connectivity index (χ0) is 11.3. The van der Waals surface area contributed by atoms with Gasteiger partial charge >= 0.3 is 0 Å². The van der Waals surface area contributed by atoms with E-state index in [1.54, 1.807) is 0 Å². The summed E-state index contributed by atoms with van der Waals surface area (Å²) in [4.78, 5) is 0. The number of aromatic nitrogens is 2. The van der Waals surface area contributed by atoms with Crippen LogP contribution in [0.3, 0.4) is 0 Å². The van der Waals surface area contributed by atoms with Crippen molar-refractivity contribution in [3.63, 3.8) is 0 Å². The summed E-state index contributed by atoms with van der Waals surface area (Å²) in [6.07, 6.45) is 1.98. The molecule has 0 fully saturated rings. The highest BCUT2D eigenvalue weighted by Crippen LogP contribution is 2.09. The average molecular weight is 202 g/mol. The van der Waals surface area contributed by atoms with Crippen molar-refractivity contribution < 1.29 is 0 Å². The topological polar surface area (TPSA) is 17.8 Å². The molecular weight excluding hydrogens is 184 g/mol. The van der Waals surface area contributed by atoms with Crippen LogP contribution in [0.4, 0.5) is 0 Å². The molecule has 0 saturated carbocycles. The molecule has 2 heteroatoms. The Hall–Kier alpha value is -1.57. The second-order valence-corrected chi connectivity index (χ2v) is 3.24. The number of hydrogen-bond acceptors (Lipinski definition) is 1. The molecule has 0 aliphatic carbocycles. The van der Waals surface area contributed by atoms with Crippen molar-refractivity contribution in [1.82, 2.24) is 9.78 Å². The average Bonchev–Trinajstić information content (AvgIpc) is 2.68. The Morgan fingerprint density at radius 2 is 1.80 bits per heavy atom. The molecule has 0 N–H and O–H groups in total. The summed E-state index contributed by atoms with van der Waals surface area (Å²) in [5, 5.41) is 4.34. The van der Waals surface area contributed by atoms with Gasteiger partial charge in [0.2, 0.25) is 0 Å². The van der Waals surface area contributed by atoms with Crippen LogP contribution in [0.2, 0.25) is 0 Å². The zero-order valence-corrected chi connectivity index (χ0v) is 9.86. The monoisotopic (exact) mass is 202 g/mol. The molecular formula is C13H18N2. The predicted molar refractivity (Wildman–Crippen MR) is 64.4 cm³/mol. The summed E-state index contributed by atoms with van der Waals surface area (Å²) in [5.41, 5.74) is 3.42. The summed E-state index contributed by atoms with van der Waals surface area (Å²) < 4.78 is 1.89. The van der Waals surface area contributed by atoms with Gasteiger partial charge in [-0.3, -0.25) is 0 Å². The number of rotatable bonds is 1. The molecule has 1 aromatic heterocycles. The summed E-state index contributed by atoms with van der Waals surface area (Å²) in [6, 6.07) is 10.3. The number of aryl methyl sites for hydroxylation is 2.